The number of nitrogen functional groups attached to an aromatic ring is 1. The van der Waals surface area contributed by atoms with E-state index in [1.165, 1.54) is 5.56 Å². The van der Waals surface area contributed by atoms with Gasteiger partial charge in [-0.3, -0.25) is 0 Å². The molecule has 1 aromatic heterocycles. The molecule has 0 unspecified atom stereocenters. The van der Waals surface area contributed by atoms with Gasteiger partial charge in [-0.1, -0.05) is 26.8 Å². The second-order valence-corrected chi connectivity index (χ2v) is 4.99. The molecule has 3 nitrogen and oxygen atoms in total. The highest BCUT2D eigenvalue weighted by Gasteiger charge is 2.14. The highest BCUT2D eigenvalue weighted by Crippen LogP contribution is 2.26. The Morgan fingerprint density at radius 2 is 1.88 bits per heavy atom. The van der Waals surface area contributed by atoms with Crippen LogP contribution in [-0.4, -0.2) is 0 Å². The molecule has 3 heteroatoms. The Balaban J connectivity index is 2.72. The van der Waals surface area contributed by atoms with Crippen molar-refractivity contribution in [2.45, 2.75) is 26.2 Å². The molecule has 0 atom stereocenters. The van der Waals surface area contributed by atoms with Crippen molar-refractivity contribution in [3.63, 3.8) is 0 Å². The van der Waals surface area contributed by atoms with Crippen LogP contribution in [0.2, 0.25) is 0 Å². The minimum atomic E-state index is -0.476. The van der Waals surface area contributed by atoms with Gasteiger partial charge < -0.3 is 10.2 Å². The average Bonchev–Trinajstić information content (AvgIpc) is 2.17. The summed E-state index contributed by atoms with van der Waals surface area (Å²) in [4.78, 5) is 11.2. The molecule has 0 aliphatic heterocycles. The SMILES string of the molecule is CC(C)(C)c1ccc2oc(=O)c(N)cc2c1. The van der Waals surface area contributed by atoms with Gasteiger partial charge in [0.25, 0.3) is 0 Å². The van der Waals surface area contributed by atoms with E-state index in [4.69, 9.17) is 10.2 Å². The molecule has 0 fully saturated rings. The summed E-state index contributed by atoms with van der Waals surface area (Å²) in [7, 11) is 0. The molecule has 0 aliphatic rings. The zero-order chi connectivity index (χ0) is 11.9. The van der Waals surface area contributed by atoms with E-state index in [2.05, 4.69) is 20.8 Å². The molecule has 1 heterocycles. The van der Waals surface area contributed by atoms with E-state index in [1.807, 2.05) is 18.2 Å². The zero-order valence-corrected chi connectivity index (χ0v) is 9.70. The maximum Gasteiger partial charge on any atom is 0.359 e. The Morgan fingerprint density at radius 1 is 1.19 bits per heavy atom. The van der Waals surface area contributed by atoms with Crippen LogP contribution in [0.5, 0.6) is 0 Å². The highest BCUT2D eigenvalue weighted by molar-refractivity contribution is 5.80. The van der Waals surface area contributed by atoms with E-state index in [9.17, 15) is 4.79 Å². The van der Waals surface area contributed by atoms with Crippen molar-refractivity contribution in [2.24, 2.45) is 0 Å². The molecular formula is C13H15NO2. The fourth-order valence-electron chi connectivity index (χ4n) is 1.61. The predicted molar refractivity (Wildman–Crippen MR) is 65.6 cm³/mol. The van der Waals surface area contributed by atoms with Crippen LogP contribution in [0.25, 0.3) is 11.0 Å². The lowest BCUT2D eigenvalue weighted by molar-refractivity contribution is 0.561. The van der Waals surface area contributed by atoms with Gasteiger partial charge in [-0.25, -0.2) is 4.79 Å². The van der Waals surface area contributed by atoms with Gasteiger partial charge in [0, 0.05) is 5.39 Å². The number of hydrogen-bond donors (Lipinski definition) is 1. The number of hydrogen-bond acceptors (Lipinski definition) is 3. The van der Waals surface area contributed by atoms with Crippen LogP contribution in [0, 0.1) is 0 Å². The molecule has 0 spiro atoms. The highest BCUT2D eigenvalue weighted by atomic mass is 16.4. The summed E-state index contributed by atoms with van der Waals surface area (Å²) in [6.07, 6.45) is 0. The Hall–Kier alpha value is -1.77. The van der Waals surface area contributed by atoms with Crippen molar-refractivity contribution in [3.8, 4) is 0 Å². The lowest BCUT2D eigenvalue weighted by atomic mass is 9.86. The second-order valence-electron chi connectivity index (χ2n) is 4.99. The molecule has 0 radical (unpaired) electrons. The Labute approximate surface area is 93.9 Å². The van der Waals surface area contributed by atoms with Gasteiger partial charge in [0.05, 0.1) is 0 Å². The molecule has 2 aromatic rings. The molecule has 2 N–H and O–H groups in total. The van der Waals surface area contributed by atoms with Gasteiger partial charge in [-0.2, -0.15) is 0 Å². The Bertz CT molecular complexity index is 591. The average molecular weight is 217 g/mol. The van der Waals surface area contributed by atoms with E-state index in [0.29, 0.717) is 5.58 Å². The molecule has 2 rings (SSSR count). The molecule has 0 saturated carbocycles. The van der Waals surface area contributed by atoms with Crippen molar-refractivity contribution in [1.82, 2.24) is 0 Å². The summed E-state index contributed by atoms with van der Waals surface area (Å²) < 4.78 is 5.08. The van der Waals surface area contributed by atoms with Crippen LogP contribution in [0.3, 0.4) is 0 Å². The third-order valence-electron chi connectivity index (χ3n) is 2.63. The first-order valence-electron chi connectivity index (χ1n) is 5.22. The van der Waals surface area contributed by atoms with Crippen molar-refractivity contribution in [2.75, 3.05) is 5.73 Å². The van der Waals surface area contributed by atoms with Gasteiger partial charge in [0.15, 0.2) is 0 Å². The van der Waals surface area contributed by atoms with E-state index in [0.717, 1.165) is 5.39 Å². The Kier molecular flexibility index (Phi) is 2.26. The number of fused-ring (bicyclic) bond motifs is 1. The first-order chi connectivity index (χ1) is 7.38. The van der Waals surface area contributed by atoms with Crippen LogP contribution in [0.4, 0.5) is 5.69 Å². The summed E-state index contributed by atoms with van der Waals surface area (Å²) in [5.41, 5.74) is 7.05. The number of anilines is 1. The maximum absolute atomic E-state index is 11.2. The standard InChI is InChI=1S/C13H15NO2/c1-13(2,3)9-4-5-11-8(6-9)7-10(14)12(15)16-11/h4-7H,14H2,1-3H3. The van der Waals surface area contributed by atoms with Gasteiger partial charge in [0.1, 0.15) is 11.3 Å². The van der Waals surface area contributed by atoms with E-state index in [1.54, 1.807) is 6.07 Å². The van der Waals surface area contributed by atoms with Gasteiger partial charge >= 0.3 is 5.63 Å². The molecule has 16 heavy (non-hydrogen) atoms. The monoisotopic (exact) mass is 217 g/mol. The van der Waals surface area contributed by atoms with Crippen LogP contribution < -0.4 is 11.4 Å². The van der Waals surface area contributed by atoms with E-state index < -0.39 is 5.63 Å². The fraction of sp³-hybridized carbons (Fsp3) is 0.308. The normalized spacial score (nSPS) is 11.9. The summed E-state index contributed by atoms with van der Waals surface area (Å²) in [6, 6.07) is 7.46. The van der Waals surface area contributed by atoms with E-state index in [-0.39, 0.29) is 11.1 Å². The summed E-state index contributed by atoms with van der Waals surface area (Å²) >= 11 is 0. The minimum Gasteiger partial charge on any atom is -0.421 e. The first-order valence-corrected chi connectivity index (χ1v) is 5.22. The summed E-state index contributed by atoms with van der Waals surface area (Å²) in [5, 5.41) is 0.865. The second kappa shape index (κ2) is 3.37. The minimum absolute atomic E-state index is 0.0685. The summed E-state index contributed by atoms with van der Waals surface area (Å²) in [6.45, 7) is 6.41. The van der Waals surface area contributed by atoms with Crippen LogP contribution in [0.1, 0.15) is 26.3 Å². The van der Waals surface area contributed by atoms with Crippen molar-refractivity contribution >= 4 is 16.7 Å². The molecule has 0 aliphatic carbocycles. The number of rotatable bonds is 0. The fourth-order valence-corrected chi connectivity index (χ4v) is 1.61. The van der Waals surface area contributed by atoms with Gasteiger partial charge in [-0.15, -0.1) is 0 Å². The number of benzene rings is 1. The smallest absolute Gasteiger partial charge is 0.359 e. The van der Waals surface area contributed by atoms with Gasteiger partial charge in [0.2, 0.25) is 0 Å². The zero-order valence-electron chi connectivity index (χ0n) is 9.70. The number of nitrogens with two attached hydrogens (primary N) is 1. The molecule has 0 bridgehead atoms. The largest absolute Gasteiger partial charge is 0.421 e. The van der Waals surface area contributed by atoms with Crippen LogP contribution in [-0.2, 0) is 5.41 Å². The lowest BCUT2D eigenvalue weighted by Crippen LogP contribution is -2.11. The molecule has 1 aromatic carbocycles. The molecular weight excluding hydrogens is 202 g/mol. The third-order valence-corrected chi connectivity index (χ3v) is 2.63. The third kappa shape index (κ3) is 1.81. The van der Waals surface area contributed by atoms with Crippen LogP contribution in [0.15, 0.2) is 33.5 Å². The Morgan fingerprint density at radius 3 is 2.50 bits per heavy atom. The quantitative estimate of drug-likeness (QED) is 0.690. The van der Waals surface area contributed by atoms with Crippen molar-refractivity contribution < 1.29 is 4.42 Å². The van der Waals surface area contributed by atoms with Crippen molar-refractivity contribution in [1.29, 1.82) is 0 Å². The molecule has 0 saturated heterocycles. The first kappa shape index (κ1) is 10.7. The van der Waals surface area contributed by atoms with Crippen molar-refractivity contribution in [3.05, 3.63) is 40.2 Å². The topological polar surface area (TPSA) is 56.2 Å². The van der Waals surface area contributed by atoms with Crippen LogP contribution >= 0.6 is 0 Å². The lowest BCUT2D eigenvalue weighted by Gasteiger charge is -2.19. The maximum atomic E-state index is 11.2. The summed E-state index contributed by atoms with van der Waals surface area (Å²) in [5.74, 6) is 0. The molecule has 84 valence electrons. The van der Waals surface area contributed by atoms with E-state index >= 15 is 0 Å². The predicted octanol–water partition coefficient (Wildman–Crippen LogP) is 2.67. The van der Waals surface area contributed by atoms with Gasteiger partial charge in [-0.05, 0) is 29.2 Å². The molecule has 0 amide bonds.